The van der Waals surface area contributed by atoms with E-state index in [1.165, 1.54) is 227 Å². The molecule has 9 heteroatoms. The Labute approximate surface area is 498 Å². The highest BCUT2D eigenvalue weighted by molar-refractivity contribution is 7.25. The van der Waals surface area contributed by atoms with Crippen LogP contribution in [-0.4, -0.2) is 7.11 Å². The van der Waals surface area contributed by atoms with Crippen LogP contribution in [0.1, 0.15) is 156 Å². The summed E-state index contributed by atoms with van der Waals surface area (Å²) in [5.41, 5.74) is 7.68. The molecule has 78 heavy (non-hydrogen) atoms. The van der Waals surface area contributed by atoms with Crippen molar-refractivity contribution in [1.29, 1.82) is 0 Å². The molecule has 0 N–H and O–H groups in total. The molecule has 8 heterocycles. The molecule has 1 nitrogen and oxygen atoms in total. The lowest BCUT2D eigenvalue weighted by atomic mass is 9.90. The zero-order chi connectivity index (χ0) is 53.6. The molecule has 0 amide bonds. The van der Waals surface area contributed by atoms with Gasteiger partial charge < -0.3 is 4.74 Å². The van der Waals surface area contributed by atoms with E-state index in [1.54, 1.807) is 0 Å². The second-order valence-electron chi connectivity index (χ2n) is 20.8. The summed E-state index contributed by atoms with van der Waals surface area (Å²) >= 11 is 15.6. The van der Waals surface area contributed by atoms with Crippen LogP contribution >= 0.6 is 90.7 Å². The van der Waals surface area contributed by atoms with E-state index < -0.39 is 0 Å². The van der Waals surface area contributed by atoms with Gasteiger partial charge in [-0.1, -0.05) is 129 Å². The zero-order valence-corrected chi connectivity index (χ0v) is 52.9. The average Bonchev–Trinajstić information content (AvgIpc) is 4.34. The van der Waals surface area contributed by atoms with Crippen LogP contribution in [0.3, 0.4) is 0 Å². The molecule has 0 aliphatic rings. The van der Waals surface area contributed by atoms with Gasteiger partial charge in [-0.05, 0) is 188 Å². The Hall–Kier alpha value is -4.00. The number of thiophene rings is 8. The van der Waals surface area contributed by atoms with E-state index in [1.807, 2.05) is 97.8 Å². The zero-order valence-electron chi connectivity index (χ0n) is 46.4. The van der Waals surface area contributed by atoms with E-state index in [0.29, 0.717) is 0 Å². The first-order chi connectivity index (χ1) is 38.4. The van der Waals surface area contributed by atoms with Crippen molar-refractivity contribution in [3.8, 4) is 91.9 Å². The van der Waals surface area contributed by atoms with Gasteiger partial charge in [0.05, 0.1) is 6.10 Å². The van der Waals surface area contributed by atoms with Crippen LogP contribution in [0, 0.1) is 0 Å². The van der Waals surface area contributed by atoms with Crippen LogP contribution in [0.5, 0.6) is 0 Å². The maximum atomic E-state index is 6.04. The standard InChI is InChI=1S/C69H76OS8/c1-6-10-14-18-21-49-27-32-62(71-49)65-40-35-57(74-65)47-25-30-52(59-37-42-66(76-59)63-33-28-50(72-63)22-19-15-11-7-2)54(45-47)55-46-48(58-36-41-68(75-58)69-44-39-61(78-69)56(70-5)24-17-13-9-4)26-31-53(55)60-38-43-67(77-60)64-34-29-51(73-64)23-20-16-12-8-3/h25-46,56H,6-24H2,1-5H3. The number of unbranched alkanes of at least 4 members (excludes halogenated alkanes) is 11. The van der Waals surface area contributed by atoms with Crippen molar-refractivity contribution in [3.05, 3.63) is 153 Å². The monoisotopic (exact) mass is 1180 g/mol. The molecule has 8 aromatic heterocycles. The largest absolute Gasteiger partial charge is 0.376 e. The molecule has 0 spiro atoms. The highest BCUT2D eigenvalue weighted by Gasteiger charge is 2.22. The Kier molecular flexibility index (Phi) is 21.0. The smallest absolute Gasteiger partial charge is 0.0913 e. The molecule has 0 saturated heterocycles. The summed E-state index contributed by atoms with van der Waals surface area (Å²) in [6.07, 6.45) is 24.0. The van der Waals surface area contributed by atoms with Gasteiger partial charge in [0.1, 0.15) is 0 Å². The second kappa shape index (κ2) is 28.6. The van der Waals surface area contributed by atoms with Gasteiger partial charge in [0, 0.05) is 85.1 Å². The Morgan fingerprint density at radius 3 is 1.04 bits per heavy atom. The molecule has 1 unspecified atom stereocenters. The summed E-state index contributed by atoms with van der Waals surface area (Å²) in [7, 11) is 1.87. The van der Waals surface area contributed by atoms with Crippen molar-refractivity contribution >= 4 is 90.7 Å². The summed E-state index contributed by atoms with van der Waals surface area (Å²) in [5.74, 6) is 0. The van der Waals surface area contributed by atoms with Crippen LogP contribution in [0.2, 0.25) is 0 Å². The van der Waals surface area contributed by atoms with Crippen LogP contribution in [0.15, 0.2) is 133 Å². The number of methoxy groups -OCH3 is 1. The number of ether oxygens (including phenoxy) is 1. The minimum Gasteiger partial charge on any atom is -0.376 e. The predicted molar refractivity (Wildman–Crippen MR) is 356 cm³/mol. The fourth-order valence-electron chi connectivity index (χ4n) is 10.5. The van der Waals surface area contributed by atoms with Crippen LogP contribution in [-0.2, 0) is 24.0 Å². The van der Waals surface area contributed by atoms with Crippen molar-refractivity contribution in [3.63, 3.8) is 0 Å². The fourth-order valence-corrected chi connectivity index (χ4v) is 19.2. The van der Waals surface area contributed by atoms with Crippen LogP contribution < -0.4 is 0 Å². The summed E-state index contributed by atoms with van der Waals surface area (Å²) in [6, 6.07) is 52.5. The van der Waals surface area contributed by atoms with Gasteiger partial charge in [0.15, 0.2) is 0 Å². The number of rotatable bonds is 30. The Bertz CT molecular complexity index is 3420. The van der Waals surface area contributed by atoms with E-state index in [0.717, 1.165) is 6.42 Å². The summed E-state index contributed by atoms with van der Waals surface area (Å²) in [5, 5.41) is 0. The number of hydrogen-bond acceptors (Lipinski definition) is 9. The highest BCUT2D eigenvalue weighted by atomic mass is 32.1. The predicted octanol–water partition coefficient (Wildman–Crippen LogP) is 25.8. The van der Waals surface area contributed by atoms with Gasteiger partial charge >= 0.3 is 0 Å². The molecular formula is C69H76OS8. The van der Waals surface area contributed by atoms with Crippen molar-refractivity contribution in [1.82, 2.24) is 0 Å². The number of aryl methyl sites for hydroxylation is 3. The molecular weight excluding hydrogens is 1100 g/mol. The van der Waals surface area contributed by atoms with Crippen molar-refractivity contribution in [2.24, 2.45) is 0 Å². The summed E-state index contributed by atoms with van der Waals surface area (Å²) in [6.45, 7) is 9.16. The van der Waals surface area contributed by atoms with Crippen molar-refractivity contribution < 1.29 is 4.74 Å². The molecule has 2 aromatic carbocycles. The minimum absolute atomic E-state index is 0.155. The SMILES string of the molecule is CCCCCCc1ccc(-c2ccc(-c3ccc(-c4ccc(-c5ccc(CCCCCC)s5)s4)c(-c4cc(-c5ccc(-c6ccc(C(CCCCC)OC)s6)s5)ccc4-c4ccc(-c5ccc(CCCCCC)s5)s4)c3)s2)s1. The fraction of sp³-hybridized carbons (Fsp3) is 0.362. The van der Waals surface area contributed by atoms with E-state index in [-0.39, 0.29) is 6.10 Å². The maximum absolute atomic E-state index is 6.04. The Morgan fingerprint density at radius 1 is 0.295 bits per heavy atom. The van der Waals surface area contributed by atoms with Crippen molar-refractivity contribution in [2.45, 2.75) is 156 Å². The molecule has 0 radical (unpaired) electrons. The quantitative estimate of drug-likeness (QED) is 0.0408. The molecule has 0 saturated carbocycles. The minimum atomic E-state index is 0.155. The van der Waals surface area contributed by atoms with Gasteiger partial charge in [0.2, 0.25) is 0 Å². The Morgan fingerprint density at radius 2 is 0.628 bits per heavy atom. The number of hydrogen-bond donors (Lipinski definition) is 0. The van der Waals surface area contributed by atoms with Crippen molar-refractivity contribution in [2.75, 3.05) is 7.11 Å². The topological polar surface area (TPSA) is 9.23 Å². The lowest BCUT2D eigenvalue weighted by Gasteiger charge is -2.16. The lowest BCUT2D eigenvalue weighted by Crippen LogP contribution is -1.98. The molecule has 0 fully saturated rings. The van der Waals surface area contributed by atoms with Gasteiger partial charge in [-0.3, -0.25) is 0 Å². The molecule has 0 aliphatic carbocycles. The average molecular weight is 1180 g/mol. The first-order valence-corrected chi connectivity index (χ1v) is 35.5. The van der Waals surface area contributed by atoms with E-state index in [4.69, 9.17) is 4.74 Å². The molecule has 0 aliphatic heterocycles. The second-order valence-corrected chi connectivity index (χ2v) is 29.8. The summed E-state index contributed by atoms with van der Waals surface area (Å²) in [4.78, 5) is 21.9. The number of benzene rings is 2. The summed E-state index contributed by atoms with van der Waals surface area (Å²) < 4.78 is 6.04. The third kappa shape index (κ3) is 14.4. The van der Waals surface area contributed by atoms with E-state index >= 15 is 0 Å². The molecule has 10 rings (SSSR count). The Balaban J connectivity index is 1.05. The van der Waals surface area contributed by atoms with E-state index in [2.05, 4.69) is 161 Å². The van der Waals surface area contributed by atoms with Gasteiger partial charge in [-0.25, -0.2) is 0 Å². The van der Waals surface area contributed by atoms with Gasteiger partial charge in [-0.15, -0.1) is 90.7 Å². The normalized spacial score (nSPS) is 12.1. The lowest BCUT2D eigenvalue weighted by molar-refractivity contribution is 0.0961. The third-order valence-corrected chi connectivity index (χ3v) is 24.8. The van der Waals surface area contributed by atoms with Crippen LogP contribution in [0.25, 0.3) is 91.9 Å². The van der Waals surface area contributed by atoms with Gasteiger partial charge in [0.25, 0.3) is 0 Å². The highest BCUT2D eigenvalue weighted by Crippen LogP contribution is 2.50. The molecule has 0 bridgehead atoms. The van der Waals surface area contributed by atoms with E-state index in [9.17, 15) is 0 Å². The van der Waals surface area contributed by atoms with Gasteiger partial charge in [-0.2, -0.15) is 0 Å². The molecule has 406 valence electrons. The third-order valence-electron chi connectivity index (χ3n) is 14.9. The first kappa shape index (κ1) is 57.2. The molecule has 10 aromatic rings. The van der Waals surface area contributed by atoms with Crippen LogP contribution in [0.4, 0.5) is 0 Å². The first-order valence-electron chi connectivity index (χ1n) is 29.0. The molecule has 1 atom stereocenters. The maximum Gasteiger partial charge on any atom is 0.0913 e.